The highest BCUT2D eigenvalue weighted by Gasteiger charge is 2.73. The van der Waals surface area contributed by atoms with E-state index in [0.29, 0.717) is 18.4 Å². The van der Waals surface area contributed by atoms with E-state index in [4.69, 9.17) is 9.57 Å². The third-order valence-electron chi connectivity index (χ3n) is 10.5. The summed E-state index contributed by atoms with van der Waals surface area (Å²) < 4.78 is 5.27. The van der Waals surface area contributed by atoms with Crippen molar-refractivity contribution in [1.29, 1.82) is 0 Å². The largest absolute Gasteiger partial charge is 0.458 e. The van der Waals surface area contributed by atoms with Gasteiger partial charge in [-0.05, 0) is 75.0 Å². The van der Waals surface area contributed by atoms with Gasteiger partial charge in [-0.15, -0.1) is 0 Å². The number of benzene rings is 1. The molecule has 0 aromatic heterocycles. The van der Waals surface area contributed by atoms with Crippen LogP contribution in [0.3, 0.4) is 0 Å². The maximum Gasteiger partial charge on any atom is 0.303 e. The van der Waals surface area contributed by atoms with E-state index in [9.17, 15) is 14.4 Å². The predicted molar refractivity (Wildman–Crippen MR) is 147 cm³/mol. The van der Waals surface area contributed by atoms with Gasteiger partial charge >= 0.3 is 5.97 Å². The number of nitrogens with zero attached hydrogens (tertiary/aromatic N) is 1. The van der Waals surface area contributed by atoms with E-state index in [-0.39, 0.29) is 29.5 Å². The second-order valence-electron chi connectivity index (χ2n) is 12.6. The van der Waals surface area contributed by atoms with Crippen molar-refractivity contribution in [3.05, 3.63) is 71.3 Å². The predicted octanol–water partition coefficient (Wildman–Crippen LogP) is 5.19. The number of ketones is 2. The number of fused-ring (bicyclic) bond motifs is 7. The first-order valence-corrected chi connectivity index (χ1v) is 14.5. The fraction of sp³-hybridized carbons (Fsp3) is 0.545. The molecule has 6 atom stereocenters. The Kier molecular flexibility index (Phi) is 6.54. The molecule has 1 aromatic carbocycles. The van der Waals surface area contributed by atoms with Crippen LogP contribution in [-0.2, 0) is 30.4 Å². The van der Waals surface area contributed by atoms with E-state index < -0.39 is 17.0 Å². The number of ether oxygens (including phenoxy) is 1. The van der Waals surface area contributed by atoms with Crippen LogP contribution in [0.2, 0.25) is 0 Å². The molecule has 0 bridgehead atoms. The molecule has 4 aliphatic carbocycles. The van der Waals surface area contributed by atoms with E-state index in [1.54, 1.807) is 6.08 Å². The first-order valence-electron chi connectivity index (χ1n) is 14.5. The number of allylic oxidation sites excluding steroid dienone is 6. The average molecular weight is 530 g/mol. The highest BCUT2D eigenvalue weighted by molar-refractivity contribution is 6.01. The van der Waals surface area contributed by atoms with Gasteiger partial charge in [-0.25, -0.2) is 0 Å². The second-order valence-corrected chi connectivity index (χ2v) is 12.6. The van der Waals surface area contributed by atoms with Crippen molar-refractivity contribution in [3.63, 3.8) is 0 Å². The average Bonchev–Trinajstić information content (AvgIpc) is 3.40. The summed E-state index contributed by atoms with van der Waals surface area (Å²) in [4.78, 5) is 44.6. The van der Waals surface area contributed by atoms with Gasteiger partial charge in [0.25, 0.3) is 0 Å². The zero-order valence-electron chi connectivity index (χ0n) is 23.3. The maximum absolute atomic E-state index is 14.0. The van der Waals surface area contributed by atoms with Crippen LogP contribution in [0.4, 0.5) is 0 Å². The van der Waals surface area contributed by atoms with Crippen molar-refractivity contribution >= 4 is 17.5 Å². The molecule has 206 valence electrons. The molecule has 2 unspecified atom stereocenters. The minimum absolute atomic E-state index is 0.0493. The molecule has 6 rings (SSSR count). The van der Waals surface area contributed by atoms with Crippen LogP contribution in [-0.4, -0.2) is 47.9 Å². The number of hydrogen-bond acceptors (Lipinski definition) is 6. The molecule has 0 radical (unpaired) electrons. The summed E-state index contributed by atoms with van der Waals surface area (Å²) in [5, 5.41) is 2.01. The first kappa shape index (κ1) is 26.4. The van der Waals surface area contributed by atoms with Gasteiger partial charge in [-0.3, -0.25) is 19.2 Å². The van der Waals surface area contributed by atoms with Crippen LogP contribution in [0.1, 0.15) is 58.4 Å². The monoisotopic (exact) mass is 529 g/mol. The van der Waals surface area contributed by atoms with Crippen molar-refractivity contribution in [2.75, 3.05) is 19.7 Å². The van der Waals surface area contributed by atoms with E-state index >= 15 is 0 Å². The molecule has 0 spiro atoms. The number of esters is 1. The summed E-state index contributed by atoms with van der Waals surface area (Å²) >= 11 is 0. The molecule has 6 heteroatoms. The molecule has 0 N–H and O–H groups in total. The van der Waals surface area contributed by atoms with Crippen molar-refractivity contribution in [3.8, 4) is 0 Å². The summed E-state index contributed by atoms with van der Waals surface area (Å²) in [6.45, 7) is 7.04. The Morgan fingerprint density at radius 3 is 2.74 bits per heavy atom. The Morgan fingerprint density at radius 2 is 1.97 bits per heavy atom. The van der Waals surface area contributed by atoms with Crippen LogP contribution < -0.4 is 0 Å². The standard InChI is InChI=1S/C33H39NO5/c1-22(35)38-21-30(37)33-25(20-34(39-33)17-7-10-23-8-5-4-6-9-23)19-29-27-12-11-24-18-26(36)13-15-31(24,2)28(27)14-16-32(29,33)3/h4-6,8-9,13-15,18,25,27,29H,7,10-12,16-17,19-21H2,1-3H3/t25-,27?,29?,31-,32-,33-/m0/s1. The smallest absolute Gasteiger partial charge is 0.303 e. The molecule has 1 heterocycles. The van der Waals surface area contributed by atoms with Crippen molar-refractivity contribution < 1.29 is 24.0 Å². The van der Waals surface area contributed by atoms with Crippen molar-refractivity contribution in [2.24, 2.45) is 28.6 Å². The molecule has 39 heavy (non-hydrogen) atoms. The SMILES string of the molecule is CC(=O)OCC(=O)[C@@]12ON(CCCc3ccccc3)C[C@@H]1CC1C3CCC4=CC(=O)C=C[C@]4(C)C3=CC[C@@]12C. The Labute approximate surface area is 231 Å². The first-order chi connectivity index (χ1) is 18.7. The van der Waals surface area contributed by atoms with Crippen molar-refractivity contribution in [1.82, 2.24) is 5.06 Å². The minimum atomic E-state index is -1.00. The van der Waals surface area contributed by atoms with Crippen LogP contribution in [0, 0.1) is 28.6 Å². The molecule has 3 fully saturated rings. The van der Waals surface area contributed by atoms with Gasteiger partial charge in [0.1, 0.15) is 0 Å². The second kappa shape index (κ2) is 9.67. The molecule has 1 aliphatic heterocycles. The number of carbonyl (C=O) groups is 3. The maximum atomic E-state index is 14.0. The number of rotatable bonds is 7. The van der Waals surface area contributed by atoms with Gasteiger partial charge in [0, 0.05) is 36.8 Å². The number of hydroxylamine groups is 2. The van der Waals surface area contributed by atoms with Gasteiger partial charge in [0.2, 0.25) is 5.78 Å². The number of hydrogen-bond donors (Lipinski definition) is 0. The molecular formula is C33H39NO5. The molecule has 5 aliphatic rings. The fourth-order valence-electron chi connectivity index (χ4n) is 8.66. The van der Waals surface area contributed by atoms with E-state index in [0.717, 1.165) is 45.1 Å². The lowest BCUT2D eigenvalue weighted by atomic mass is 9.51. The molecule has 6 nitrogen and oxygen atoms in total. The molecule has 2 saturated carbocycles. The summed E-state index contributed by atoms with van der Waals surface area (Å²) in [6, 6.07) is 10.4. The van der Waals surface area contributed by atoms with Crippen molar-refractivity contribution in [2.45, 2.75) is 64.9 Å². The molecule has 1 saturated heterocycles. The highest BCUT2D eigenvalue weighted by Crippen LogP contribution is 2.68. The zero-order chi connectivity index (χ0) is 27.4. The number of aryl methyl sites for hydroxylation is 1. The van der Waals surface area contributed by atoms with Crippen LogP contribution in [0.5, 0.6) is 0 Å². The lowest BCUT2D eigenvalue weighted by Gasteiger charge is -2.54. The zero-order valence-corrected chi connectivity index (χ0v) is 23.3. The van der Waals surface area contributed by atoms with Crippen LogP contribution in [0.15, 0.2) is 65.8 Å². The number of Topliss-reactive ketones (excluding diaryl/α,β-unsaturated/α-hetero) is 1. The topological polar surface area (TPSA) is 72.9 Å². The van der Waals surface area contributed by atoms with Gasteiger partial charge < -0.3 is 4.74 Å². The lowest BCUT2D eigenvalue weighted by molar-refractivity contribution is -0.235. The summed E-state index contributed by atoms with van der Waals surface area (Å²) in [5.41, 5.74) is 2.27. The van der Waals surface area contributed by atoms with E-state index in [2.05, 4.69) is 50.3 Å². The summed E-state index contributed by atoms with van der Waals surface area (Å²) in [6.07, 6.45) is 13.4. The number of carbonyl (C=O) groups excluding carboxylic acids is 3. The minimum Gasteiger partial charge on any atom is -0.458 e. The normalized spacial score (nSPS) is 36.8. The van der Waals surface area contributed by atoms with Gasteiger partial charge in [-0.1, -0.05) is 60.6 Å². The molecule has 0 amide bonds. The fourth-order valence-corrected chi connectivity index (χ4v) is 8.66. The quantitative estimate of drug-likeness (QED) is 0.358. The molecule has 1 aromatic rings. The third-order valence-corrected chi connectivity index (χ3v) is 10.5. The van der Waals surface area contributed by atoms with Gasteiger partial charge in [-0.2, -0.15) is 5.06 Å². The highest BCUT2D eigenvalue weighted by atomic mass is 16.7. The molecular weight excluding hydrogens is 490 g/mol. The lowest BCUT2D eigenvalue weighted by Crippen LogP contribution is -2.58. The van der Waals surface area contributed by atoms with Crippen LogP contribution >= 0.6 is 0 Å². The Hall–Kier alpha value is -2.83. The third kappa shape index (κ3) is 4.10. The Bertz CT molecular complexity index is 1280. The van der Waals surface area contributed by atoms with E-state index in [1.807, 2.05) is 17.2 Å². The van der Waals surface area contributed by atoms with Gasteiger partial charge in [0.05, 0.1) is 0 Å². The van der Waals surface area contributed by atoms with Crippen LogP contribution in [0.25, 0.3) is 0 Å². The van der Waals surface area contributed by atoms with Gasteiger partial charge in [0.15, 0.2) is 18.0 Å². The Balaban J connectivity index is 1.29. The Morgan fingerprint density at radius 1 is 1.18 bits per heavy atom. The summed E-state index contributed by atoms with van der Waals surface area (Å²) in [7, 11) is 0. The van der Waals surface area contributed by atoms with E-state index in [1.165, 1.54) is 23.6 Å². The summed E-state index contributed by atoms with van der Waals surface area (Å²) in [5.74, 6) is 0.197.